The van der Waals surface area contributed by atoms with Gasteiger partial charge in [-0.3, -0.25) is 4.79 Å². The summed E-state index contributed by atoms with van der Waals surface area (Å²) in [4.78, 5) is 24.0. The Morgan fingerprint density at radius 1 is 1.05 bits per heavy atom. The lowest BCUT2D eigenvalue weighted by atomic mass is 9.95. The van der Waals surface area contributed by atoms with Crippen molar-refractivity contribution in [3.63, 3.8) is 0 Å². The normalized spacial score (nSPS) is 19.7. The second kappa shape index (κ2) is 13.6. The van der Waals surface area contributed by atoms with Crippen molar-refractivity contribution < 1.29 is 35.9 Å². The van der Waals surface area contributed by atoms with Crippen LogP contribution in [0.15, 0.2) is 65.8 Å². The first-order chi connectivity index (χ1) is 21.0. The zero-order chi connectivity index (χ0) is 31.3. The highest BCUT2D eigenvalue weighted by Crippen LogP contribution is 2.36. The minimum atomic E-state index is -4.40. The first-order valence-electron chi connectivity index (χ1n) is 14.6. The topological polar surface area (TPSA) is 111 Å². The molecule has 2 aliphatic rings. The van der Waals surface area contributed by atoms with Gasteiger partial charge in [0.2, 0.25) is 5.95 Å². The Bertz CT molecular complexity index is 1510. The summed E-state index contributed by atoms with van der Waals surface area (Å²) in [6.45, 7) is 3.96. The highest BCUT2D eigenvalue weighted by molar-refractivity contribution is 7.91. The van der Waals surface area contributed by atoms with Crippen LogP contribution >= 0.6 is 0 Å². The molecule has 0 aliphatic carbocycles. The molecular weight excluding hydrogens is 597 g/mol. The molecule has 1 N–H and O–H groups in total. The number of benzene rings is 2. The highest BCUT2D eigenvalue weighted by atomic mass is 32.2. The van der Waals surface area contributed by atoms with Gasteiger partial charge in [0.15, 0.2) is 9.84 Å². The molecule has 44 heavy (non-hydrogen) atoms. The van der Waals surface area contributed by atoms with Crippen LogP contribution in [0, 0.1) is 0 Å². The summed E-state index contributed by atoms with van der Waals surface area (Å²) >= 11 is 0. The maximum Gasteiger partial charge on any atom is 0.416 e. The Balaban J connectivity index is 1.25. The van der Waals surface area contributed by atoms with Crippen molar-refractivity contribution in [2.45, 2.75) is 61.9 Å². The fourth-order valence-corrected chi connectivity index (χ4v) is 6.33. The quantitative estimate of drug-likeness (QED) is 0.340. The van der Waals surface area contributed by atoms with E-state index in [1.165, 1.54) is 36.7 Å². The fraction of sp³-hybridized carbons (Fsp3) is 0.452. The van der Waals surface area contributed by atoms with E-state index in [1.54, 1.807) is 19.1 Å². The van der Waals surface area contributed by atoms with Crippen molar-refractivity contribution in [1.82, 2.24) is 15.3 Å². The molecule has 0 radical (unpaired) electrons. The molecule has 9 nitrogen and oxygen atoms in total. The van der Waals surface area contributed by atoms with Crippen LogP contribution in [0.3, 0.4) is 0 Å². The summed E-state index contributed by atoms with van der Waals surface area (Å²) in [6.07, 6.45) is 0.819. The lowest BCUT2D eigenvalue weighted by Crippen LogP contribution is -2.37. The van der Waals surface area contributed by atoms with Crippen LogP contribution in [0.1, 0.15) is 59.2 Å². The Kier molecular flexibility index (Phi) is 9.86. The van der Waals surface area contributed by atoms with Gasteiger partial charge in [0, 0.05) is 44.6 Å². The molecule has 2 fully saturated rings. The molecule has 1 unspecified atom stereocenters. The molecule has 0 saturated carbocycles. The standard InChI is InChI=1S/C31H35F3N4O5S/c1-2-44(40,41)28-9-3-21(4-10-28)16-35-29(39)24-17-36-30(37-18-24)38-19-23(22-5-7-25(8-6-22)31(32,33)34)15-26(38)20-43-27-11-13-42-14-12-27/h3-10,17-18,23,26-27H,2,11-16,19-20H2,1H3,(H,35,39)/t23?,26-/m0/s1. The van der Waals surface area contributed by atoms with Gasteiger partial charge in [0.25, 0.3) is 5.91 Å². The average molecular weight is 633 g/mol. The van der Waals surface area contributed by atoms with Crippen molar-refractivity contribution >= 4 is 21.7 Å². The van der Waals surface area contributed by atoms with Gasteiger partial charge in [-0.15, -0.1) is 0 Å². The SMILES string of the molecule is CCS(=O)(=O)c1ccc(CNC(=O)c2cnc(N3CC(c4ccc(C(F)(F)F)cc4)C[C@H]3COC3CCOCC3)nc2)cc1. The first-order valence-corrected chi connectivity index (χ1v) is 16.2. The van der Waals surface area contributed by atoms with Crippen molar-refractivity contribution in [1.29, 1.82) is 0 Å². The number of nitrogens with zero attached hydrogens (tertiary/aromatic N) is 3. The molecule has 0 bridgehead atoms. The number of ether oxygens (including phenoxy) is 2. The van der Waals surface area contributed by atoms with Crippen LogP contribution in [0.25, 0.3) is 0 Å². The minimum absolute atomic E-state index is 0.00986. The van der Waals surface area contributed by atoms with Crippen LogP contribution in [0.4, 0.5) is 19.1 Å². The van der Waals surface area contributed by atoms with Gasteiger partial charge in [-0.2, -0.15) is 13.2 Å². The number of sulfone groups is 1. The first kappa shape index (κ1) is 31.9. The molecule has 3 aromatic rings. The number of aromatic nitrogens is 2. The minimum Gasteiger partial charge on any atom is -0.381 e. The van der Waals surface area contributed by atoms with Crippen LogP contribution in [0.5, 0.6) is 0 Å². The molecule has 2 atom stereocenters. The zero-order valence-electron chi connectivity index (χ0n) is 24.3. The summed E-state index contributed by atoms with van der Waals surface area (Å²) in [5, 5.41) is 2.79. The lowest BCUT2D eigenvalue weighted by Gasteiger charge is -2.28. The number of hydrogen-bond donors (Lipinski definition) is 1. The predicted molar refractivity (Wildman–Crippen MR) is 157 cm³/mol. The zero-order valence-corrected chi connectivity index (χ0v) is 25.1. The third-order valence-electron chi connectivity index (χ3n) is 8.09. The van der Waals surface area contributed by atoms with Gasteiger partial charge in [-0.05, 0) is 54.7 Å². The van der Waals surface area contributed by atoms with Gasteiger partial charge in [0.05, 0.1) is 40.5 Å². The number of alkyl halides is 3. The third-order valence-corrected chi connectivity index (χ3v) is 9.84. The summed E-state index contributed by atoms with van der Waals surface area (Å²) in [7, 11) is -3.30. The van der Waals surface area contributed by atoms with E-state index >= 15 is 0 Å². The Labute approximate surface area is 254 Å². The summed E-state index contributed by atoms with van der Waals surface area (Å²) in [5.74, 6) is -0.0176. The number of rotatable bonds is 10. The number of carbonyl (C=O) groups excluding carboxylic acids is 1. The van der Waals surface area contributed by atoms with E-state index in [4.69, 9.17) is 9.47 Å². The number of anilines is 1. The fourth-order valence-electron chi connectivity index (χ4n) is 5.45. The highest BCUT2D eigenvalue weighted by Gasteiger charge is 2.36. The molecule has 1 aromatic heterocycles. The van der Waals surface area contributed by atoms with E-state index in [-0.39, 0.29) is 46.7 Å². The van der Waals surface area contributed by atoms with Crippen LogP contribution in [-0.4, -0.2) is 68.6 Å². The molecule has 2 aliphatic heterocycles. The average Bonchev–Trinajstić information content (AvgIpc) is 3.47. The van der Waals surface area contributed by atoms with E-state index in [2.05, 4.69) is 15.3 Å². The second-order valence-corrected chi connectivity index (χ2v) is 13.3. The number of halogens is 3. The van der Waals surface area contributed by atoms with Gasteiger partial charge in [0.1, 0.15) is 0 Å². The predicted octanol–water partition coefficient (Wildman–Crippen LogP) is 4.78. The number of hydrogen-bond acceptors (Lipinski definition) is 8. The molecule has 2 saturated heterocycles. The largest absolute Gasteiger partial charge is 0.416 e. The molecule has 13 heteroatoms. The summed E-state index contributed by atoms with van der Waals surface area (Å²) in [6, 6.07) is 11.5. The maximum absolute atomic E-state index is 13.1. The number of carbonyl (C=O) groups is 1. The molecule has 1 amide bonds. The van der Waals surface area contributed by atoms with E-state index in [0.29, 0.717) is 38.7 Å². The third kappa shape index (κ3) is 7.74. The second-order valence-electron chi connectivity index (χ2n) is 11.0. The van der Waals surface area contributed by atoms with E-state index in [9.17, 15) is 26.4 Å². The Morgan fingerprint density at radius 3 is 2.32 bits per heavy atom. The number of amides is 1. The molecular formula is C31H35F3N4O5S. The monoisotopic (exact) mass is 632 g/mol. The van der Waals surface area contributed by atoms with Crippen LogP contribution < -0.4 is 10.2 Å². The Morgan fingerprint density at radius 2 is 1.70 bits per heavy atom. The smallest absolute Gasteiger partial charge is 0.381 e. The van der Waals surface area contributed by atoms with Crippen molar-refractivity contribution in [2.75, 3.05) is 37.0 Å². The summed E-state index contributed by atoms with van der Waals surface area (Å²) < 4.78 is 75.0. The lowest BCUT2D eigenvalue weighted by molar-refractivity contribution is -0.137. The molecule has 0 spiro atoms. The summed E-state index contributed by atoms with van der Waals surface area (Å²) in [5.41, 5.74) is 1.11. The van der Waals surface area contributed by atoms with Gasteiger partial charge < -0.3 is 19.7 Å². The molecule has 2 aromatic carbocycles. The van der Waals surface area contributed by atoms with Crippen LogP contribution in [0.2, 0.25) is 0 Å². The Hall–Kier alpha value is -3.55. The van der Waals surface area contributed by atoms with Crippen LogP contribution in [-0.2, 0) is 32.0 Å². The van der Waals surface area contributed by atoms with E-state index in [1.807, 2.05) is 4.90 Å². The maximum atomic E-state index is 13.1. The van der Waals surface area contributed by atoms with Crippen molar-refractivity contribution in [3.8, 4) is 0 Å². The van der Waals surface area contributed by atoms with Gasteiger partial charge in [-0.25, -0.2) is 18.4 Å². The molecule has 3 heterocycles. The molecule has 5 rings (SSSR count). The van der Waals surface area contributed by atoms with Crippen molar-refractivity contribution in [3.05, 3.63) is 83.2 Å². The van der Waals surface area contributed by atoms with Gasteiger partial charge >= 0.3 is 6.18 Å². The van der Waals surface area contributed by atoms with E-state index in [0.717, 1.165) is 36.1 Å². The van der Waals surface area contributed by atoms with Crippen molar-refractivity contribution in [2.24, 2.45) is 0 Å². The van der Waals surface area contributed by atoms with E-state index < -0.39 is 21.6 Å². The van der Waals surface area contributed by atoms with Gasteiger partial charge in [-0.1, -0.05) is 31.2 Å². The number of nitrogens with one attached hydrogen (secondary N) is 1. The molecule has 236 valence electrons.